The largest absolute Gasteiger partial charge is 0.490 e. The van der Waals surface area contributed by atoms with Crippen LogP contribution in [0, 0.1) is 0 Å². The summed E-state index contributed by atoms with van der Waals surface area (Å²) in [4.78, 5) is 13.5. The van der Waals surface area contributed by atoms with E-state index in [-0.39, 0.29) is 39.7 Å². The van der Waals surface area contributed by atoms with Gasteiger partial charge >= 0.3 is 0 Å². The molecule has 2 rings (SSSR count). The molecule has 0 spiro atoms. The second kappa shape index (κ2) is 16.7. The minimum Gasteiger partial charge on any atom is -0.490 e. The van der Waals surface area contributed by atoms with Gasteiger partial charge in [-0.15, -0.1) is 0 Å². The number of hydrogen-bond acceptors (Lipinski definition) is 6. The van der Waals surface area contributed by atoms with Crippen LogP contribution in [0.3, 0.4) is 0 Å². The van der Waals surface area contributed by atoms with Crippen molar-refractivity contribution in [2.24, 2.45) is 0 Å². The van der Waals surface area contributed by atoms with Crippen LogP contribution in [0.1, 0.15) is 111 Å². The molecule has 1 unspecified atom stereocenters. The highest BCUT2D eigenvalue weighted by Gasteiger charge is 2.29. The lowest BCUT2D eigenvalue weighted by Crippen LogP contribution is -2.34. The molecule has 0 bridgehead atoms. The summed E-state index contributed by atoms with van der Waals surface area (Å²) in [6.45, 7) is 18.2. The van der Waals surface area contributed by atoms with Gasteiger partial charge in [0, 0.05) is 28.5 Å². The fraction of sp³-hybridized carbons (Fsp3) is 0.618. The van der Waals surface area contributed by atoms with Crippen LogP contribution in [-0.4, -0.2) is 40.2 Å². The van der Waals surface area contributed by atoms with E-state index in [1.54, 1.807) is 6.07 Å². The Morgan fingerprint density at radius 1 is 0.884 bits per heavy atom. The van der Waals surface area contributed by atoms with Crippen molar-refractivity contribution in [3.05, 3.63) is 47.5 Å². The van der Waals surface area contributed by atoms with Crippen LogP contribution in [0.2, 0.25) is 0 Å². The Morgan fingerprint density at radius 3 is 2.16 bits per heavy atom. The van der Waals surface area contributed by atoms with E-state index in [1.807, 2.05) is 13.0 Å². The highest BCUT2D eigenvalue weighted by atomic mass is 35.7. The second-order valence-corrected chi connectivity index (χ2v) is 14.8. The fourth-order valence-corrected chi connectivity index (χ4v) is 5.60. The normalized spacial score (nSPS) is 13.0. The number of amides is 1. The first-order valence-electron chi connectivity index (χ1n) is 15.6. The molecule has 1 atom stereocenters. The predicted octanol–water partition coefficient (Wildman–Crippen LogP) is 8.76. The third-order valence-corrected chi connectivity index (χ3v) is 9.65. The Kier molecular flexibility index (Phi) is 14.3. The molecule has 1 N–H and O–H groups in total. The van der Waals surface area contributed by atoms with Crippen molar-refractivity contribution in [2.75, 3.05) is 25.1 Å². The van der Waals surface area contributed by atoms with Gasteiger partial charge in [-0.25, -0.2) is 8.42 Å². The van der Waals surface area contributed by atoms with Gasteiger partial charge in [0.15, 0.2) is 6.10 Å². The summed E-state index contributed by atoms with van der Waals surface area (Å²) in [6, 6.07) is 10.7. The van der Waals surface area contributed by atoms with Crippen LogP contribution in [0.25, 0.3) is 0 Å². The molecule has 0 fully saturated rings. The van der Waals surface area contributed by atoms with Gasteiger partial charge in [-0.1, -0.05) is 79.9 Å². The number of rotatable bonds is 19. The van der Waals surface area contributed by atoms with Crippen LogP contribution in [0.5, 0.6) is 11.5 Å². The molecule has 2 aromatic rings. The first-order valence-corrected chi connectivity index (χ1v) is 17.9. The Balaban J connectivity index is 2.42. The summed E-state index contributed by atoms with van der Waals surface area (Å²) in [5, 5.41) is 2.87. The number of halogens is 1. The van der Waals surface area contributed by atoms with Gasteiger partial charge in [-0.05, 0) is 73.3 Å². The minimum absolute atomic E-state index is 0.00734. The lowest BCUT2D eigenvalue weighted by Gasteiger charge is -2.31. The van der Waals surface area contributed by atoms with E-state index >= 15 is 0 Å². The standard InChI is InChI=1S/C34H52ClNO6S/c1-9-13-14-15-16-30(42-28-19-17-25(33(5,6)10-2)23-27(28)34(7,8)11-3)32(37)36-26-18-20-29(41-22-21-40-12-4)31(24-26)43(35,38)39/h17-20,23-24,30H,9-16,21-22H2,1-8H3,(H,36,37). The predicted molar refractivity (Wildman–Crippen MR) is 176 cm³/mol. The smallest absolute Gasteiger partial charge is 0.265 e. The summed E-state index contributed by atoms with van der Waals surface area (Å²) in [5.74, 6) is 0.444. The van der Waals surface area contributed by atoms with Crippen molar-refractivity contribution in [1.29, 1.82) is 0 Å². The summed E-state index contributed by atoms with van der Waals surface area (Å²) in [6.07, 6.45) is 5.63. The van der Waals surface area contributed by atoms with Gasteiger partial charge in [0.05, 0.1) is 6.61 Å². The van der Waals surface area contributed by atoms with E-state index in [1.165, 1.54) is 17.7 Å². The molecular formula is C34H52ClNO6S. The van der Waals surface area contributed by atoms with Crippen LogP contribution in [-0.2, 0) is 29.4 Å². The molecule has 1 amide bonds. The van der Waals surface area contributed by atoms with E-state index in [2.05, 4.69) is 65.9 Å². The lowest BCUT2D eigenvalue weighted by atomic mass is 9.76. The Morgan fingerprint density at radius 2 is 1.56 bits per heavy atom. The third kappa shape index (κ3) is 11.0. The molecule has 2 aromatic carbocycles. The SMILES string of the molecule is CCCCCCC(Oc1ccc(C(C)(C)CC)cc1C(C)(C)CC)C(=O)Nc1ccc(OCCOCC)c(S(=O)(=O)Cl)c1. The monoisotopic (exact) mass is 637 g/mol. The summed E-state index contributed by atoms with van der Waals surface area (Å²) >= 11 is 0. The van der Waals surface area contributed by atoms with Gasteiger partial charge in [0.2, 0.25) is 0 Å². The Hall–Kier alpha value is -2.29. The minimum atomic E-state index is -4.14. The van der Waals surface area contributed by atoms with Crippen LogP contribution in [0.15, 0.2) is 41.3 Å². The molecule has 0 heterocycles. The zero-order valence-corrected chi connectivity index (χ0v) is 28.9. The van der Waals surface area contributed by atoms with E-state index in [4.69, 9.17) is 24.9 Å². The summed E-state index contributed by atoms with van der Waals surface area (Å²) in [7, 11) is 1.59. The number of carbonyl (C=O) groups is 1. The molecule has 0 aromatic heterocycles. The number of ether oxygens (including phenoxy) is 3. The highest BCUT2D eigenvalue weighted by molar-refractivity contribution is 8.13. The molecule has 0 aliphatic carbocycles. The van der Waals surface area contributed by atoms with Crippen molar-refractivity contribution in [2.45, 2.75) is 122 Å². The maximum Gasteiger partial charge on any atom is 0.265 e. The lowest BCUT2D eigenvalue weighted by molar-refractivity contribution is -0.123. The van der Waals surface area contributed by atoms with Crippen LogP contribution < -0.4 is 14.8 Å². The maximum absolute atomic E-state index is 13.7. The van der Waals surface area contributed by atoms with E-state index < -0.39 is 15.2 Å². The van der Waals surface area contributed by atoms with Crippen LogP contribution in [0.4, 0.5) is 5.69 Å². The number of carbonyl (C=O) groups excluding carboxylic acids is 1. The number of unbranched alkanes of at least 4 members (excludes halogenated alkanes) is 3. The van der Waals surface area contributed by atoms with Gasteiger partial charge in [-0.2, -0.15) is 0 Å². The van der Waals surface area contributed by atoms with E-state index in [0.29, 0.717) is 25.4 Å². The molecule has 0 radical (unpaired) electrons. The second-order valence-electron chi connectivity index (χ2n) is 12.3. The highest BCUT2D eigenvalue weighted by Crippen LogP contribution is 2.39. The van der Waals surface area contributed by atoms with Crippen molar-refractivity contribution in [3.8, 4) is 11.5 Å². The topological polar surface area (TPSA) is 90.9 Å². The molecule has 9 heteroatoms. The van der Waals surface area contributed by atoms with Crippen molar-refractivity contribution >= 4 is 31.3 Å². The van der Waals surface area contributed by atoms with E-state index in [0.717, 1.165) is 44.1 Å². The van der Waals surface area contributed by atoms with Gasteiger partial charge < -0.3 is 19.5 Å². The molecule has 0 saturated carbocycles. The average Bonchev–Trinajstić information content (AvgIpc) is 2.96. The molecular weight excluding hydrogens is 586 g/mol. The molecule has 7 nitrogen and oxygen atoms in total. The van der Waals surface area contributed by atoms with Crippen molar-refractivity contribution in [3.63, 3.8) is 0 Å². The number of nitrogens with one attached hydrogen (secondary N) is 1. The number of hydrogen-bond donors (Lipinski definition) is 1. The molecule has 43 heavy (non-hydrogen) atoms. The molecule has 0 aliphatic rings. The molecule has 242 valence electrons. The van der Waals surface area contributed by atoms with Gasteiger partial charge in [-0.3, -0.25) is 4.79 Å². The maximum atomic E-state index is 13.7. The van der Waals surface area contributed by atoms with Crippen LogP contribution >= 0.6 is 10.7 Å². The number of benzene rings is 2. The summed E-state index contributed by atoms with van der Waals surface area (Å²) < 4.78 is 42.1. The first-order chi connectivity index (χ1) is 20.2. The summed E-state index contributed by atoms with van der Waals surface area (Å²) in [5.41, 5.74) is 2.44. The Bertz CT molecular complexity index is 1290. The van der Waals surface area contributed by atoms with Gasteiger partial charge in [0.1, 0.15) is 23.0 Å². The molecule has 0 saturated heterocycles. The Labute approximate surface area is 264 Å². The fourth-order valence-electron chi connectivity index (χ4n) is 4.60. The first kappa shape index (κ1) is 36.9. The van der Waals surface area contributed by atoms with Crippen molar-refractivity contribution in [1.82, 2.24) is 0 Å². The quantitative estimate of drug-likeness (QED) is 0.122. The van der Waals surface area contributed by atoms with Crippen molar-refractivity contribution < 1.29 is 27.4 Å². The zero-order chi connectivity index (χ0) is 32.3. The zero-order valence-electron chi connectivity index (χ0n) is 27.3. The van der Waals surface area contributed by atoms with Gasteiger partial charge in [0.25, 0.3) is 15.0 Å². The average molecular weight is 638 g/mol. The third-order valence-electron chi connectivity index (χ3n) is 8.30. The molecule has 0 aliphatic heterocycles. The van der Waals surface area contributed by atoms with E-state index in [9.17, 15) is 13.2 Å². The number of anilines is 1.